The molecule has 0 fully saturated rings. The summed E-state index contributed by atoms with van der Waals surface area (Å²) in [5.74, 6) is -1.03. The van der Waals surface area contributed by atoms with E-state index in [1.165, 1.54) is 17.7 Å². The Bertz CT molecular complexity index is 1180. The summed E-state index contributed by atoms with van der Waals surface area (Å²) >= 11 is 3.28. The van der Waals surface area contributed by atoms with E-state index < -0.39 is 43.3 Å². The average Bonchev–Trinajstić information content (AvgIpc) is 3.20. The summed E-state index contributed by atoms with van der Waals surface area (Å²) in [6, 6.07) is 5.20. The highest BCUT2D eigenvalue weighted by Crippen LogP contribution is 2.45. The largest absolute Gasteiger partial charge is 0.480 e. The Morgan fingerprint density at radius 2 is 2.03 bits per heavy atom. The van der Waals surface area contributed by atoms with Gasteiger partial charge in [-0.05, 0) is 44.2 Å². The lowest BCUT2D eigenvalue weighted by molar-refractivity contribution is -0.138. The molecule has 2 heterocycles. The fraction of sp³-hybridized carbons (Fsp3) is 0.316. The molecule has 3 N–H and O–H groups in total. The fourth-order valence-corrected chi connectivity index (χ4v) is 4.48. The van der Waals surface area contributed by atoms with Crippen LogP contribution in [0.1, 0.15) is 18.7 Å². The van der Waals surface area contributed by atoms with E-state index in [1.54, 1.807) is 43.3 Å². The van der Waals surface area contributed by atoms with Crippen LogP contribution in [0.15, 0.2) is 56.7 Å². The summed E-state index contributed by atoms with van der Waals surface area (Å²) in [7, 11) is -4.11. The maximum atomic E-state index is 13.2. The molecule has 0 radical (unpaired) electrons. The maximum absolute atomic E-state index is 13.2. The zero-order valence-corrected chi connectivity index (χ0v) is 19.5. The number of nitrogens with zero attached hydrogens (tertiary/aromatic N) is 1. The Balaban J connectivity index is 1.70. The molecule has 3 rings (SSSR count). The van der Waals surface area contributed by atoms with Crippen LogP contribution in [-0.4, -0.2) is 39.4 Å². The third kappa shape index (κ3) is 6.05. The van der Waals surface area contributed by atoms with Crippen molar-refractivity contribution in [2.24, 2.45) is 0 Å². The van der Waals surface area contributed by atoms with Crippen LogP contribution in [0, 0.1) is 6.92 Å². The van der Waals surface area contributed by atoms with Gasteiger partial charge in [0.25, 0.3) is 5.56 Å². The van der Waals surface area contributed by atoms with Crippen molar-refractivity contribution in [3.8, 4) is 5.75 Å². The number of aliphatic carboxylic acids is 1. The van der Waals surface area contributed by atoms with Crippen molar-refractivity contribution in [1.29, 1.82) is 0 Å². The molecule has 1 aliphatic heterocycles. The van der Waals surface area contributed by atoms with Gasteiger partial charge in [0.1, 0.15) is 17.9 Å². The van der Waals surface area contributed by atoms with Gasteiger partial charge in [-0.3, -0.25) is 23.7 Å². The topological polar surface area (TPSA) is 149 Å². The Morgan fingerprint density at radius 1 is 1.34 bits per heavy atom. The summed E-state index contributed by atoms with van der Waals surface area (Å²) in [5.41, 5.74) is -0.795. The molecule has 1 aliphatic rings. The molecule has 11 nitrogen and oxygen atoms in total. The average molecular weight is 530 g/mol. The number of H-pyrrole nitrogens is 1. The molecule has 0 bridgehead atoms. The van der Waals surface area contributed by atoms with Crippen LogP contribution < -0.4 is 20.9 Å². The van der Waals surface area contributed by atoms with E-state index in [0.29, 0.717) is 5.56 Å². The molecule has 32 heavy (non-hydrogen) atoms. The molecule has 0 unspecified atom stereocenters. The highest BCUT2D eigenvalue weighted by molar-refractivity contribution is 9.10. The highest BCUT2D eigenvalue weighted by atomic mass is 79.9. The number of hydrogen-bond acceptors (Lipinski definition) is 7. The van der Waals surface area contributed by atoms with Gasteiger partial charge in [0, 0.05) is 16.2 Å². The number of ether oxygens (including phenoxy) is 1. The van der Waals surface area contributed by atoms with Crippen LogP contribution in [0.2, 0.25) is 0 Å². The summed E-state index contributed by atoms with van der Waals surface area (Å²) in [5, 5.41) is 11.5. The minimum absolute atomic E-state index is 0.206. The molecule has 1 aromatic carbocycles. The minimum Gasteiger partial charge on any atom is -0.480 e. The number of carbonyl (C=O) groups is 1. The van der Waals surface area contributed by atoms with Crippen LogP contribution in [0.25, 0.3) is 0 Å². The maximum Gasteiger partial charge on any atom is 0.459 e. The van der Waals surface area contributed by atoms with Gasteiger partial charge >= 0.3 is 19.4 Å². The Labute approximate surface area is 190 Å². The van der Waals surface area contributed by atoms with Crippen molar-refractivity contribution >= 4 is 29.6 Å². The van der Waals surface area contributed by atoms with E-state index in [9.17, 15) is 18.9 Å². The molecule has 2 aromatic rings. The highest BCUT2D eigenvalue weighted by Gasteiger charge is 2.33. The SMILES string of the molecule is Cc1cn([C@H]2C=C[C@@H](CO[P@@](=O)(N[C@@H](C)C(=O)O)Oc3ccc(Br)cc3)O2)c(=O)[nH]c1=O. The van der Waals surface area contributed by atoms with E-state index in [2.05, 4.69) is 26.0 Å². The number of aryl methyl sites for hydroxylation is 1. The van der Waals surface area contributed by atoms with Gasteiger partial charge in [-0.2, -0.15) is 5.09 Å². The Morgan fingerprint density at radius 3 is 2.69 bits per heavy atom. The van der Waals surface area contributed by atoms with Crippen LogP contribution >= 0.6 is 23.7 Å². The number of rotatable bonds is 9. The summed E-state index contributed by atoms with van der Waals surface area (Å²) in [6.45, 7) is 2.60. The van der Waals surface area contributed by atoms with Gasteiger partial charge in [-0.25, -0.2) is 9.36 Å². The van der Waals surface area contributed by atoms with E-state index in [4.69, 9.17) is 18.9 Å². The number of aromatic nitrogens is 2. The zero-order chi connectivity index (χ0) is 23.5. The second-order valence-corrected chi connectivity index (χ2v) is 9.57. The van der Waals surface area contributed by atoms with Crippen LogP contribution in [0.5, 0.6) is 5.75 Å². The molecular formula is C19H21BrN3O8P. The zero-order valence-electron chi connectivity index (χ0n) is 17.1. The summed E-state index contributed by atoms with van der Waals surface area (Å²) < 4.78 is 31.8. The smallest absolute Gasteiger partial charge is 0.459 e. The molecule has 1 aromatic heterocycles. The Kier molecular flexibility index (Phi) is 7.52. The van der Waals surface area contributed by atoms with E-state index in [-0.39, 0.29) is 12.4 Å². The first kappa shape index (κ1) is 24.1. The molecule has 13 heteroatoms. The lowest BCUT2D eigenvalue weighted by Gasteiger charge is -2.23. The van der Waals surface area contributed by atoms with E-state index in [0.717, 1.165) is 4.47 Å². The van der Waals surface area contributed by atoms with E-state index >= 15 is 0 Å². The van der Waals surface area contributed by atoms with Gasteiger partial charge in [0.2, 0.25) is 0 Å². The second kappa shape index (κ2) is 9.97. The number of hydrogen-bond donors (Lipinski definition) is 3. The van der Waals surface area contributed by atoms with Crippen molar-refractivity contribution in [2.45, 2.75) is 32.2 Å². The Hall–Kier alpha value is -2.50. The number of carboxylic acid groups (broad SMARTS) is 1. The fourth-order valence-electron chi connectivity index (χ4n) is 2.71. The molecule has 0 spiro atoms. The van der Waals surface area contributed by atoms with Gasteiger partial charge in [0.05, 0.1) is 6.61 Å². The molecule has 172 valence electrons. The second-order valence-electron chi connectivity index (χ2n) is 6.96. The first-order valence-electron chi connectivity index (χ1n) is 9.42. The lowest BCUT2D eigenvalue weighted by atomic mass is 10.3. The first-order valence-corrected chi connectivity index (χ1v) is 11.8. The van der Waals surface area contributed by atoms with Crippen molar-refractivity contribution in [3.05, 3.63) is 73.5 Å². The molecule has 0 saturated heterocycles. The van der Waals surface area contributed by atoms with Gasteiger partial charge in [-0.15, -0.1) is 0 Å². The summed E-state index contributed by atoms with van der Waals surface area (Å²) in [4.78, 5) is 37.0. The minimum atomic E-state index is -4.11. The number of halogens is 1. The van der Waals surface area contributed by atoms with Crippen molar-refractivity contribution < 1.29 is 28.3 Å². The predicted octanol–water partition coefficient (Wildman–Crippen LogP) is 2.33. The molecular weight excluding hydrogens is 509 g/mol. The van der Waals surface area contributed by atoms with Crippen molar-refractivity contribution in [3.63, 3.8) is 0 Å². The third-order valence-electron chi connectivity index (χ3n) is 4.39. The van der Waals surface area contributed by atoms with Crippen LogP contribution in [-0.2, 0) is 18.6 Å². The third-order valence-corrected chi connectivity index (χ3v) is 6.57. The lowest BCUT2D eigenvalue weighted by Crippen LogP contribution is -2.35. The first-order chi connectivity index (χ1) is 15.1. The van der Waals surface area contributed by atoms with Crippen molar-refractivity contribution in [2.75, 3.05) is 6.61 Å². The van der Waals surface area contributed by atoms with Gasteiger partial charge < -0.3 is 14.4 Å². The molecule has 0 amide bonds. The standard InChI is InChI=1S/C19H21BrN3O8P/c1-11-9-23(19(27)21-17(11)24)16-8-7-15(30-16)10-29-32(28,22-12(2)18(25)26)31-14-5-3-13(20)4-6-14/h3-9,12,15-16H,10H2,1-2H3,(H,22,28)(H,25,26)(H,21,24,27)/t12-,15-,16+,32-/m0/s1. The van der Waals surface area contributed by atoms with Crippen LogP contribution in [0.4, 0.5) is 0 Å². The number of carboxylic acids is 1. The normalized spacial score (nSPS) is 20.6. The quantitative estimate of drug-likeness (QED) is 0.328. The predicted molar refractivity (Wildman–Crippen MR) is 118 cm³/mol. The monoisotopic (exact) mass is 529 g/mol. The van der Waals surface area contributed by atoms with Crippen molar-refractivity contribution in [1.82, 2.24) is 14.6 Å². The number of nitrogens with one attached hydrogen (secondary N) is 2. The summed E-state index contributed by atoms with van der Waals surface area (Å²) in [6.07, 6.45) is 3.05. The van der Waals surface area contributed by atoms with Gasteiger partial charge in [-0.1, -0.05) is 22.0 Å². The van der Waals surface area contributed by atoms with Crippen LogP contribution in [0.3, 0.4) is 0 Å². The van der Waals surface area contributed by atoms with E-state index in [1.807, 2.05) is 0 Å². The molecule has 0 saturated carbocycles. The van der Waals surface area contributed by atoms with Gasteiger partial charge in [0.15, 0.2) is 6.23 Å². The number of aromatic amines is 1. The number of benzene rings is 1. The molecule has 0 aliphatic carbocycles. The molecule has 4 atom stereocenters.